The van der Waals surface area contributed by atoms with Gasteiger partial charge in [0.15, 0.2) is 0 Å². The van der Waals surface area contributed by atoms with Crippen molar-refractivity contribution in [3.8, 4) is 0 Å². The second-order valence-corrected chi connectivity index (χ2v) is 6.11. The number of pyridine rings is 1. The van der Waals surface area contributed by atoms with E-state index >= 15 is 0 Å². The fraction of sp³-hybridized carbons (Fsp3) is 0.389. The summed E-state index contributed by atoms with van der Waals surface area (Å²) in [5.74, 6) is -3.65. The first-order valence-corrected chi connectivity index (χ1v) is 8.70. The molecule has 1 unspecified atom stereocenters. The number of aliphatic carboxylic acids is 2. The van der Waals surface area contributed by atoms with Crippen LogP contribution in [0.25, 0.3) is 10.9 Å². The fourth-order valence-corrected chi connectivity index (χ4v) is 2.46. The molecule has 1 atom stereocenters. The maximum atomic E-state index is 9.10. The molecule has 0 saturated heterocycles. The number of benzene rings is 1. The maximum absolute atomic E-state index is 9.10. The summed E-state index contributed by atoms with van der Waals surface area (Å²) in [4.78, 5) is 22.6. The number of carbonyl (C=O) groups is 2. The highest BCUT2D eigenvalue weighted by molar-refractivity contribution is 6.31. The third-order valence-corrected chi connectivity index (χ3v) is 3.77. The quantitative estimate of drug-likeness (QED) is 0.430. The summed E-state index contributed by atoms with van der Waals surface area (Å²) in [5.41, 5.74) is 2.06. The number of rotatable bonds is 7. The first-order valence-electron chi connectivity index (χ1n) is 8.32. The van der Waals surface area contributed by atoms with E-state index < -0.39 is 11.9 Å². The van der Waals surface area contributed by atoms with Gasteiger partial charge in [-0.25, -0.2) is 9.59 Å². The number of aromatic nitrogens is 1. The van der Waals surface area contributed by atoms with Crippen molar-refractivity contribution in [3.63, 3.8) is 0 Å². The summed E-state index contributed by atoms with van der Waals surface area (Å²) < 4.78 is 0. The predicted octanol–water partition coefficient (Wildman–Crippen LogP) is 3.23. The first-order chi connectivity index (χ1) is 12.3. The van der Waals surface area contributed by atoms with Crippen LogP contribution in [-0.2, 0) is 9.59 Å². The molecule has 0 aliphatic heterocycles. The molecule has 0 aliphatic rings. The number of hydrogen-bond acceptors (Lipinski definition) is 5. The Morgan fingerprint density at radius 2 is 1.92 bits per heavy atom. The normalized spacial score (nSPS) is 11.3. The Morgan fingerprint density at radius 1 is 1.23 bits per heavy atom. The van der Waals surface area contributed by atoms with E-state index in [9.17, 15) is 0 Å². The number of nitrogens with zero attached hydrogens (tertiary/aromatic N) is 1. The lowest BCUT2D eigenvalue weighted by Gasteiger charge is -2.16. The van der Waals surface area contributed by atoms with Gasteiger partial charge in [-0.05, 0) is 57.1 Å². The minimum Gasteiger partial charge on any atom is -0.473 e. The summed E-state index contributed by atoms with van der Waals surface area (Å²) in [6, 6.07) is 8.30. The van der Waals surface area contributed by atoms with Crippen molar-refractivity contribution >= 4 is 40.1 Å². The average Bonchev–Trinajstić information content (AvgIpc) is 2.59. The van der Waals surface area contributed by atoms with Gasteiger partial charge in [-0.3, -0.25) is 4.98 Å². The first kappa shape index (κ1) is 21.7. The molecule has 0 bridgehead atoms. The van der Waals surface area contributed by atoms with Crippen molar-refractivity contribution in [1.29, 1.82) is 0 Å². The number of hydrogen-bond donors (Lipinski definition) is 4. The number of anilines is 1. The van der Waals surface area contributed by atoms with Crippen LogP contribution in [0.15, 0.2) is 30.5 Å². The van der Waals surface area contributed by atoms with Gasteiger partial charge in [0.25, 0.3) is 0 Å². The fourth-order valence-electron chi connectivity index (χ4n) is 2.29. The molecule has 0 spiro atoms. The maximum Gasteiger partial charge on any atom is 0.414 e. The SMILES string of the molecule is CCNCCCC(C)Nc1ccnc2cc(Cl)ccc12.O=C(O)C(=O)O. The van der Waals surface area contributed by atoms with Crippen LogP contribution in [0.3, 0.4) is 0 Å². The topological polar surface area (TPSA) is 112 Å². The van der Waals surface area contributed by atoms with Crippen LogP contribution in [0.5, 0.6) is 0 Å². The van der Waals surface area contributed by atoms with E-state index in [1.165, 1.54) is 6.42 Å². The van der Waals surface area contributed by atoms with E-state index in [1.54, 1.807) is 0 Å². The Kier molecular flexibility index (Phi) is 9.40. The monoisotopic (exact) mass is 381 g/mol. The number of halogens is 1. The second-order valence-electron chi connectivity index (χ2n) is 5.67. The summed E-state index contributed by atoms with van der Waals surface area (Å²) in [6.07, 6.45) is 4.15. The van der Waals surface area contributed by atoms with Crippen LogP contribution in [0.2, 0.25) is 5.02 Å². The molecule has 0 fully saturated rings. The third-order valence-electron chi connectivity index (χ3n) is 3.53. The van der Waals surface area contributed by atoms with Gasteiger partial charge in [-0.15, -0.1) is 0 Å². The van der Waals surface area contributed by atoms with Crippen molar-refractivity contribution in [2.24, 2.45) is 0 Å². The summed E-state index contributed by atoms with van der Waals surface area (Å²) in [7, 11) is 0. The van der Waals surface area contributed by atoms with Gasteiger partial charge in [-0.2, -0.15) is 0 Å². The highest BCUT2D eigenvalue weighted by atomic mass is 35.5. The van der Waals surface area contributed by atoms with Crippen molar-refractivity contribution in [2.75, 3.05) is 18.4 Å². The largest absolute Gasteiger partial charge is 0.473 e. The molecule has 1 aromatic heterocycles. The van der Waals surface area contributed by atoms with E-state index in [4.69, 9.17) is 31.4 Å². The Bertz CT molecular complexity index is 727. The summed E-state index contributed by atoms with van der Waals surface area (Å²) in [6.45, 7) is 6.47. The zero-order valence-corrected chi connectivity index (χ0v) is 15.6. The number of fused-ring (bicyclic) bond motifs is 1. The molecule has 1 aromatic carbocycles. The van der Waals surface area contributed by atoms with Crippen molar-refractivity contribution in [1.82, 2.24) is 10.3 Å². The number of nitrogens with one attached hydrogen (secondary N) is 2. The molecule has 2 rings (SSSR count). The zero-order valence-electron chi connectivity index (χ0n) is 14.8. The molecule has 0 radical (unpaired) electrons. The van der Waals surface area contributed by atoms with Crippen LogP contribution in [0, 0.1) is 0 Å². The highest BCUT2D eigenvalue weighted by Crippen LogP contribution is 2.25. The molecule has 7 nitrogen and oxygen atoms in total. The second kappa shape index (κ2) is 11.3. The lowest BCUT2D eigenvalue weighted by molar-refractivity contribution is -0.159. The van der Waals surface area contributed by atoms with Crippen LogP contribution >= 0.6 is 11.6 Å². The number of carboxylic acid groups (broad SMARTS) is 2. The molecule has 0 aliphatic carbocycles. The molecule has 0 amide bonds. The molecule has 4 N–H and O–H groups in total. The van der Waals surface area contributed by atoms with Crippen LogP contribution in [-0.4, -0.2) is 46.3 Å². The molecule has 1 heterocycles. The van der Waals surface area contributed by atoms with E-state index in [1.807, 2.05) is 30.5 Å². The minimum atomic E-state index is -1.82. The molecule has 0 saturated carbocycles. The van der Waals surface area contributed by atoms with Gasteiger partial charge in [-0.1, -0.05) is 18.5 Å². The van der Waals surface area contributed by atoms with Crippen LogP contribution in [0.1, 0.15) is 26.7 Å². The Labute approximate surface area is 157 Å². The minimum absolute atomic E-state index is 0.440. The number of carboxylic acids is 2. The van der Waals surface area contributed by atoms with Gasteiger partial charge >= 0.3 is 11.9 Å². The van der Waals surface area contributed by atoms with Crippen molar-refractivity contribution in [3.05, 3.63) is 35.5 Å². The van der Waals surface area contributed by atoms with E-state index in [0.717, 1.165) is 41.1 Å². The standard InChI is InChI=1S/C16H22ClN3.C2H2O4/c1-3-18-9-4-5-12(2)20-15-8-10-19-16-11-13(17)6-7-14(15)16;3-1(4)2(5)6/h6-8,10-12,18H,3-5,9H2,1-2H3,(H,19,20);(H,3,4)(H,5,6). The van der Waals surface area contributed by atoms with Gasteiger partial charge in [0.1, 0.15) is 0 Å². The molecule has 142 valence electrons. The van der Waals surface area contributed by atoms with Gasteiger partial charge in [0, 0.05) is 28.3 Å². The van der Waals surface area contributed by atoms with Gasteiger partial charge in [0.05, 0.1) is 5.52 Å². The van der Waals surface area contributed by atoms with Crippen molar-refractivity contribution < 1.29 is 19.8 Å². The van der Waals surface area contributed by atoms with Gasteiger partial charge in [0.2, 0.25) is 0 Å². The third kappa shape index (κ3) is 7.67. The van der Waals surface area contributed by atoms with E-state index in [2.05, 4.69) is 29.5 Å². The Hall–Kier alpha value is -2.38. The van der Waals surface area contributed by atoms with E-state index in [0.29, 0.717) is 6.04 Å². The Morgan fingerprint density at radius 3 is 2.54 bits per heavy atom. The molecule has 8 heteroatoms. The smallest absolute Gasteiger partial charge is 0.414 e. The molecular weight excluding hydrogens is 358 g/mol. The molecule has 2 aromatic rings. The Balaban J connectivity index is 0.000000487. The van der Waals surface area contributed by atoms with Gasteiger partial charge < -0.3 is 20.8 Å². The summed E-state index contributed by atoms with van der Waals surface area (Å²) in [5, 5.41) is 23.5. The molecular formula is C18H24ClN3O4. The lowest BCUT2D eigenvalue weighted by Crippen LogP contribution is -2.19. The summed E-state index contributed by atoms with van der Waals surface area (Å²) >= 11 is 6.01. The van der Waals surface area contributed by atoms with E-state index in [-0.39, 0.29) is 0 Å². The zero-order chi connectivity index (χ0) is 19.5. The average molecular weight is 382 g/mol. The van der Waals surface area contributed by atoms with Crippen molar-refractivity contribution in [2.45, 2.75) is 32.7 Å². The highest BCUT2D eigenvalue weighted by Gasteiger charge is 2.06. The molecule has 26 heavy (non-hydrogen) atoms. The lowest BCUT2D eigenvalue weighted by atomic mass is 10.1. The predicted molar refractivity (Wildman–Crippen MR) is 103 cm³/mol. The van der Waals surface area contributed by atoms with Crippen LogP contribution in [0.4, 0.5) is 5.69 Å². The van der Waals surface area contributed by atoms with Crippen LogP contribution < -0.4 is 10.6 Å².